The minimum Gasteiger partial charge on any atom is -0.343 e. The van der Waals surface area contributed by atoms with E-state index in [4.69, 9.17) is 4.57 Å². The fraction of sp³-hybridized carbons (Fsp3) is 0.750. The summed E-state index contributed by atoms with van der Waals surface area (Å²) in [6.07, 6.45) is 4.56. The molecule has 3 heteroatoms. The summed E-state index contributed by atoms with van der Waals surface area (Å²) in [7, 11) is 1.17. The average molecular weight is 215 g/mol. The van der Waals surface area contributed by atoms with E-state index in [1.165, 1.54) is 22.0 Å². The second-order valence-electron chi connectivity index (χ2n) is 1.71. The van der Waals surface area contributed by atoms with Gasteiger partial charge in [-0.25, -0.2) is 0 Å². The number of hydrogen-bond acceptors (Lipinski definition) is 1. The summed E-state index contributed by atoms with van der Waals surface area (Å²) in [4.78, 5) is 0. The first-order valence-corrected chi connectivity index (χ1v) is 4.12. The van der Waals surface area contributed by atoms with Crippen molar-refractivity contribution in [2.45, 2.75) is 39.5 Å². The summed E-state index contributed by atoms with van der Waals surface area (Å²) < 4.78 is 8.17. The van der Waals surface area contributed by atoms with Crippen molar-refractivity contribution in [2.75, 3.05) is 0 Å². The first kappa shape index (κ1) is 22.6. The largest absolute Gasteiger partial charge is 2.00 e. The molecule has 0 radical (unpaired) electrons. The Kier molecular flexibility index (Phi) is 94.3. The van der Waals surface area contributed by atoms with E-state index in [1.54, 1.807) is 0 Å². The van der Waals surface area contributed by atoms with Crippen LogP contribution in [-0.2, 0) is 21.9 Å². The molecule has 1 unspecified atom stereocenters. The average Bonchev–Trinajstić information content (AvgIpc) is 2.08. The summed E-state index contributed by atoms with van der Waals surface area (Å²) in [5, 5.41) is 0. The predicted molar refractivity (Wildman–Crippen MR) is 50.9 cm³/mol. The SMILES string of the molecule is O=[PH2+].[CH2-]CCC.[CH2-]CCC.[Cr+2]. The smallest absolute Gasteiger partial charge is 0.343 e. The van der Waals surface area contributed by atoms with E-state index < -0.39 is 0 Å². The Morgan fingerprint density at radius 2 is 1.09 bits per heavy atom. The van der Waals surface area contributed by atoms with Gasteiger partial charge in [0, 0.05) is 0 Å². The van der Waals surface area contributed by atoms with E-state index in [9.17, 15) is 0 Å². The van der Waals surface area contributed by atoms with Gasteiger partial charge in [0.25, 0.3) is 0 Å². The molecule has 0 amide bonds. The Bertz CT molecular complexity index is 29.3. The third-order valence-electron chi connectivity index (χ3n) is 0.707. The predicted octanol–water partition coefficient (Wildman–Crippen LogP) is 3.45. The Balaban J connectivity index is -0.0000000339. The summed E-state index contributed by atoms with van der Waals surface area (Å²) in [5.74, 6) is 0. The third kappa shape index (κ3) is 114. The molecule has 0 saturated heterocycles. The van der Waals surface area contributed by atoms with Crippen molar-refractivity contribution in [2.24, 2.45) is 0 Å². The number of hydrogen-bond donors (Lipinski definition) is 0. The van der Waals surface area contributed by atoms with Crippen LogP contribution < -0.4 is 0 Å². The standard InChI is InChI=1S/2C4H9.Cr.H2OP/c2*1-3-4-2;;1-2/h2*1,3-4H2,2H3;;2H2/q2*-1;+2;+1. The molecule has 1 atom stereocenters. The van der Waals surface area contributed by atoms with Crippen molar-refractivity contribution in [3.63, 3.8) is 0 Å². The maximum absolute atomic E-state index is 8.17. The van der Waals surface area contributed by atoms with Crippen LogP contribution >= 0.6 is 9.12 Å². The molecular formula is C8H20CrOP+. The van der Waals surface area contributed by atoms with E-state index in [0.717, 1.165) is 12.8 Å². The molecule has 0 aromatic carbocycles. The van der Waals surface area contributed by atoms with Gasteiger partial charge >= 0.3 is 26.5 Å². The van der Waals surface area contributed by atoms with Gasteiger partial charge in [-0.2, -0.15) is 12.8 Å². The first-order chi connectivity index (χ1) is 4.83. The Morgan fingerprint density at radius 1 is 1.00 bits per heavy atom. The summed E-state index contributed by atoms with van der Waals surface area (Å²) in [6, 6.07) is 0. The maximum atomic E-state index is 8.17. The van der Waals surface area contributed by atoms with Gasteiger partial charge in [0.1, 0.15) is 0 Å². The van der Waals surface area contributed by atoms with E-state index in [-0.39, 0.29) is 17.4 Å². The Hall–Kier alpha value is 0.632. The van der Waals surface area contributed by atoms with E-state index in [2.05, 4.69) is 27.7 Å². The molecule has 0 aliphatic heterocycles. The van der Waals surface area contributed by atoms with Crippen LogP contribution in [0.4, 0.5) is 0 Å². The third-order valence-corrected chi connectivity index (χ3v) is 0.707. The van der Waals surface area contributed by atoms with Crippen molar-refractivity contribution in [1.29, 1.82) is 0 Å². The summed E-state index contributed by atoms with van der Waals surface area (Å²) in [5.41, 5.74) is 0. The van der Waals surface area contributed by atoms with Crippen LogP contribution in [-0.4, -0.2) is 0 Å². The maximum Gasteiger partial charge on any atom is 2.00 e. The fourth-order valence-electron chi connectivity index (χ4n) is 0. The molecule has 0 aliphatic rings. The van der Waals surface area contributed by atoms with Crippen molar-refractivity contribution in [1.82, 2.24) is 0 Å². The molecule has 0 saturated carbocycles. The van der Waals surface area contributed by atoms with E-state index in [0.29, 0.717) is 0 Å². The first-order valence-electron chi connectivity index (χ1n) is 3.65. The normalized spacial score (nSPS) is 5.82. The quantitative estimate of drug-likeness (QED) is 0.509. The Morgan fingerprint density at radius 3 is 1.09 bits per heavy atom. The van der Waals surface area contributed by atoms with Crippen molar-refractivity contribution >= 4 is 9.12 Å². The zero-order chi connectivity index (χ0) is 8.83. The molecule has 68 valence electrons. The second kappa shape index (κ2) is 46.0. The molecule has 0 aromatic rings. The molecule has 1 nitrogen and oxygen atoms in total. The second-order valence-corrected chi connectivity index (χ2v) is 1.71. The molecule has 11 heavy (non-hydrogen) atoms. The zero-order valence-electron chi connectivity index (χ0n) is 7.64. The number of unbranched alkanes of at least 4 members (excludes halogenated alkanes) is 2. The van der Waals surface area contributed by atoms with Crippen LogP contribution in [0.2, 0.25) is 0 Å². The molecule has 0 rings (SSSR count). The van der Waals surface area contributed by atoms with Crippen molar-refractivity contribution in [3.05, 3.63) is 13.8 Å². The van der Waals surface area contributed by atoms with Crippen molar-refractivity contribution in [3.8, 4) is 0 Å². The minimum absolute atomic E-state index is 0. The molecule has 0 heterocycles. The summed E-state index contributed by atoms with van der Waals surface area (Å²) >= 11 is 0. The molecule has 0 fully saturated rings. The van der Waals surface area contributed by atoms with Gasteiger partial charge in [0.2, 0.25) is 0 Å². The van der Waals surface area contributed by atoms with Crippen LogP contribution in [0.25, 0.3) is 0 Å². The van der Waals surface area contributed by atoms with Crippen LogP contribution in [0, 0.1) is 13.8 Å². The van der Waals surface area contributed by atoms with Crippen molar-refractivity contribution < 1.29 is 21.9 Å². The minimum atomic E-state index is 0. The monoisotopic (exact) mass is 215 g/mol. The molecular weight excluding hydrogens is 195 g/mol. The van der Waals surface area contributed by atoms with Gasteiger partial charge in [-0.05, 0) is 0 Å². The van der Waals surface area contributed by atoms with Crippen LogP contribution in [0.5, 0.6) is 0 Å². The number of rotatable bonds is 2. The van der Waals surface area contributed by atoms with Crippen LogP contribution in [0.1, 0.15) is 39.5 Å². The summed E-state index contributed by atoms with van der Waals surface area (Å²) in [6.45, 7) is 11.4. The molecule has 0 spiro atoms. The van der Waals surface area contributed by atoms with Crippen LogP contribution in [0.3, 0.4) is 0 Å². The van der Waals surface area contributed by atoms with E-state index >= 15 is 0 Å². The molecule has 0 aliphatic carbocycles. The molecule has 0 aromatic heterocycles. The van der Waals surface area contributed by atoms with Gasteiger partial charge in [-0.15, -0.1) is 0 Å². The van der Waals surface area contributed by atoms with Gasteiger partial charge in [-0.3, -0.25) is 0 Å². The van der Waals surface area contributed by atoms with E-state index in [1.807, 2.05) is 0 Å². The molecule has 0 N–H and O–H groups in total. The topological polar surface area (TPSA) is 17.1 Å². The fourth-order valence-corrected chi connectivity index (χ4v) is 0. The Labute approximate surface area is 84.7 Å². The van der Waals surface area contributed by atoms with Crippen LogP contribution in [0.15, 0.2) is 0 Å². The molecule has 0 bridgehead atoms. The van der Waals surface area contributed by atoms with Gasteiger partial charge in [0.05, 0.1) is 0 Å². The zero-order valence-corrected chi connectivity index (χ0v) is 10.1. The van der Waals surface area contributed by atoms with Gasteiger partial charge in [-0.1, -0.05) is 31.3 Å². The van der Waals surface area contributed by atoms with Gasteiger partial charge < -0.3 is 13.8 Å². The van der Waals surface area contributed by atoms with Gasteiger partial charge in [0.15, 0.2) is 0 Å².